The monoisotopic (exact) mass is 229 g/mol. The molecule has 1 heterocycles. The van der Waals surface area contributed by atoms with Crippen molar-refractivity contribution in [1.29, 1.82) is 0 Å². The van der Waals surface area contributed by atoms with Gasteiger partial charge in [-0.05, 0) is 75.2 Å². The third-order valence-corrected chi connectivity index (χ3v) is 4.75. The molecule has 0 bridgehead atoms. The Balaban J connectivity index is 1.80. The van der Waals surface area contributed by atoms with Crippen molar-refractivity contribution in [2.45, 2.75) is 38.0 Å². The highest BCUT2D eigenvalue weighted by molar-refractivity contribution is 5.33. The van der Waals surface area contributed by atoms with Gasteiger partial charge in [-0.1, -0.05) is 24.3 Å². The summed E-state index contributed by atoms with van der Waals surface area (Å²) in [7, 11) is 2.25. The molecule has 0 spiro atoms. The first-order valence-electron chi connectivity index (χ1n) is 7.11. The molecule has 1 aliphatic carbocycles. The summed E-state index contributed by atoms with van der Waals surface area (Å²) in [5.41, 5.74) is 3.30. The van der Waals surface area contributed by atoms with E-state index < -0.39 is 0 Å². The lowest BCUT2D eigenvalue weighted by Crippen LogP contribution is -2.33. The second kappa shape index (κ2) is 4.81. The summed E-state index contributed by atoms with van der Waals surface area (Å²) in [5, 5.41) is 0. The fraction of sp³-hybridized carbons (Fsp3) is 0.625. The second-order valence-electron chi connectivity index (χ2n) is 5.84. The summed E-state index contributed by atoms with van der Waals surface area (Å²) in [6, 6.07) is 9.16. The molecule has 0 aromatic heterocycles. The maximum atomic E-state index is 2.48. The molecule has 1 aliphatic heterocycles. The molecule has 2 aliphatic rings. The lowest BCUT2D eigenvalue weighted by molar-refractivity contribution is 0.190. The molecular formula is C16H23N. The molecular weight excluding hydrogens is 206 g/mol. The van der Waals surface area contributed by atoms with Crippen molar-refractivity contribution in [3.05, 3.63) is 35.4 Å². The predicted molar refractivity (Wildman–Crippen MR) is 72.3 cm³/mol. The molecule has 1 heteroatoms. The third kappa shape index (κ3) is 2.26. The van der Waals surface area contributed by atoms with Gasteiger partial charge >= 0.3 is 0 Å². The summed E-state index contributed by atoms with van der Waals surface area (Å²) in [4.78, 5) is 2.48. The van der Waals surface area contributed by atoms with Crippen LogP contribution < -0.4 is 0 Å². The van der Waals surface area contributed by atoms with Gasteiger partial charge in [-0.2, -0.15) is 0 Å². The number of nitrogens with zero attached hydrogens (tertiary/aromatic N) is 1. The van der Waals surface area contributed by atoms with Crippen LogP contribution in [0.15, 0.2) is 24.3 Å². The molecule has 0 N–H and O–H groups in total. The summed E-state index contributed by atoms with van der Waals surface area (Å²) in [5.74, 6) is 1.79. The van der Waals surface area contributed by atoms with Crippen molar-refractivity contribution in [3.63, 3.8) is 0 Å². The van der Waals surface area contributed by atoms with Gasteiger partial charge in [-0.15, -0.1) is 0 Å². The molecule has 1 nitrogen and oxygen atoms in total. The van der Waals surface area contributed by atoms with Gasteiger partial charge in [0, 0.05) is 0 Å². The van der Waals surface area contributed by atoms with E-state index in [9.17, 15) is 0 Å². The van der Waals surface area contributed by atoms with E-state index >= 15 is 0 Å². The standard InChI is InChI=1S/C16H23N/c1-17-11-9-14(10-12-17)16-8-4-6-13-5-2-3-7-15(13)16/h2-3,5,7,14,16H,4,6,8-12H2,1H3. The minimum atomic E-state index is 0.855. The maximum absolute atomic E-state index is 2.48. The fourth-order valence-electron chi connectivity index (χ4n) is 3.71. The van der Waals surface area contributed by atoms with Gasteiger partial charge in [0.05, 0.1) is 0 Å². The van der Waals surface area contributed by atoms with Crippen LogP contribution in [0.4, 0.5) is 0 Å². The fourth-order valence-corrected chi connectivity index (χ4v) is 3.71. The van der Waals surface area contributed by atoms with Crippen LogP contribution in [0.25, 0.3) is 0 Å². The van der Waals surface area contributed by atoms with Gasteiger partial charge in [-0.25, -0.2) is 0 Å². The maximum Gasteiger partial charge on any atom is -0.00189 e. The van der Waals surface area contributed by atoms with Crippen molar-refractivity contribution in [2.24, 2.45) is 5.92 Å². The highest BCUT2D eigenvalue weighted by atomic mass is 15.1. The Hall–Kier alpha value is -0.820. The number of benzene rings is 1. The Morgan fingerprint density at radius 1 is 1.06 bits per heavy atom. The van der Waals surface area contributed by atoms with Crippen LogP contribution in [0.1, 0.15) is 42.7 Å². The Labute approximate surface area is 105 Å². The van der Waals surface area contributed by atoms with Crippen molar-refractivity contribution >= 4 is 0 Å². The highest BCUT2D eigenvalue weighted by Gasteiger charge is 2.29. The summed E-state index contributed by atoms with van der Waals surface area (Å²) in [6.07, 6.45) is 6.92. The first kappa shape index (κ1) is 11.3. The van der Waals surface area contributed by atoms with Gasteiger partial charge in [0.1, 0.15) is 0 Å². The molecule has 0 radical (unpaired) electrons. The van der Waals surface area contributed by atoms with Crippen LogP contribution in [-0.4, -0.2) is 25.0 Å². The van der Waals surface area contributed by atoms with Crippen molar-refractivity contribution in [2.75, 3.05) is 20.1 Å². The minimum Gasteiger partial charge on any atom is -0.306 e. The molecule has 3 rings (SSSR count). The number of hydrogen-bond donors (Lipinski definition) is 0. The number of likely N-dealkylation sites (tertiary alicyclic amines) is 1. The summed E-state index contributed by atoms with van der Waals surface area (Å²) < 4.78 is 0. The van der Waals surface area contributed by atoms with Crippen LogP contribution in [0.2, 0.25) is 0 Å². The Morgan fingerprint density at radius 2 is 1.82 bits per heavy atom. The van der Waals surface area contributed by atoms with Crippen LogP contribution >= 0.6 is 0 Å². The van der Waals surface area contributed by atoms with Crippen molar-refractivity contribution < 1.29 is 0 Å². The van der Waals surface area contributed by atoms with E-state index in [1.807, 2.05) is 0 Å². The molecule has 0 amide bonds. The zero-order valence-electron chi connectivity index (χ0n) is 10.9. The molecule has 1 saturated heterocycles. The SMILES string of the molecule is CN1CCC(C2CCCc3ccccc32)CC1. The van der Waals surface area contributed by atoms with Crippen LogP contribution in [0, 0.1) is 5.92 Å². The molecule has 1 unspecified atom stereocenters. The van der Waals surface area contributed by atoms with Gasteiger partial charge in [0.15, 0.2) is 0 Å². The van der Waals surface area contributed by atoms with Crippen LogP contribution in [-0.2, 0) is 6.42 Å². The lowest BCUT2D eigenvalue weighted by Gasteiger charge is -2.37. The van der Waals surface area contributed by atoms with E-state index in [-0.39, 0.29) is 0 Å². The van der Waals surface area contributed by atoms with E-state index in [1.54, 1.807) is 11.1 Å². The Kier molecular flexibility index (Phi) is 3.19. The van der Waals surface area contributed by atoms with E-state index in [1.165, 1.54) is 45.2 Å². The smallest absolute Gasteiger partial charge is 0.00189 e. The predicted octanol–water partition coefficient (Wildman–Crippen LogP) is 3.45. The van der Waals surface area contributed by atoms with Crippen LogP contribution in [0.3, 0.4) is 0 Å². The number of fused-ring (bicyclic) bond motifs is 1. The highest BCUT2D eigenvalue weighted by Crippen LogP contribution is 2.40. The first-order valence-corrected chi connectivity index (χ1v) is 7.11. The summed E-state index contributed by atoms with van der Waals surface area (Å²) in [6.45, 7) is 2.59. The normalized spacial score (nSPS) is 26.8. The minimum absolute atomic E-state index is 0.855. The van der Waals surface area contributed by atoms with E-state index in [0.29, 0.717) is 0 Å². The Morgan fingerprint density at radius 3 is 2.65 bits per heavy atom. The topological polar surface area (TPSA) is 3.24 Å². The van der Waals surface area contributed by atoms with E-state index in [0.717, 1.165) is 11.8 Å². The quantitative estimate of drug-likeness (QED) is 0.713. The molecule has 17 heavy (non-hydrogen) atoms. The first-order chi connectivity index (χ1) is 8.34. The molecule has 1 aromatic carbocycles. The largest absolute Gasteiger partial charge is 0.306 e. The Bertz CT molecular complexity index is 377. The van der Waals surface area contributed by atoms with Gasteiger partial charge in [-0.3, -0.25) is 0 Å². The number of rotatable bonds is 1. The summed E-state index contributed by atoms with van der Waals surface area (Å²) >= 11 is 0. The molecule has 1 atom stereocenters. The van der Waals surface area contributed by atoms with E-state index in [4.69, 9.17) is 0 Å². The number of piperidine rings is 1. The van der Waals surface area contributed by atoms with Crippen molar-refractivity contribution in [3.8, 4) is 0 Å². The molecule has 92 valence electrons. The average Bonchev–Trinajstić information content (AvgIpc) is 2.39. The molecule has 0 saturated carbocycles. The average molecular weight is 229 g/mol. The van der Waals surface area contributed by atoms with Gasteiger partial charge in [0.2, 0.25) is 0 Å². The molecule has 1 fully saturated rings. The molecule has 1 aromatic rings. The van der Waals surface area contributed by atoms with E-state index in [2.05, 4.69) is 36.2 Å². The van der Waals surface area contributed by atoms with Crippen LogP contribution in [0.5, 0.6) is 0 Å². The zero-order valence-corrected chi connectivity index (χ0v) is 10.9. The van der Waals surface area contributed by atoms with Gasteiger partial charge < -0.3 is 4.90 Å². The second-order valence-corrected chi connectivity index (χ2v) is 5.84. The van der Waals surface area contributed by atoms with Gasteiger partial charge in [0.25, 0.3) is 0 Å². The van der Waals surface area contributed by atoms with Crippen molar-refractivity contribution in [1.82, 2.24) is 4.90 Å². The lowest BCUT2D eigenvalue weighted by atomic mass is 9.72. The third-order valence-electron chi connectivity index (χ3n) is 4.75. The number of aryl methyl sites for hydroxylation is 1. The number of hydrogen-bond acceptors (Lipinski definition) is 1. The zero-order chi connectivity index (χ0) is 11.7.